The number of hydrogen-bond acceptors (Lipinski definition) is 6. The molecule has 2 aromatic rings. The lowest BCUT2D eigenvalue weighted by molar-refractivity contribution is -0.141. The van der Waals surface area contributed by atoms with Crippen LogP contribution in [0.15, 0.2) is 27.4 Å². The first kappa shape index (κ1) is 17.5. The van der Waals surface area contributed by atoms with Crippen molar-refractivity contribution in [3.05, 3.63) is 39.7 Å². The van der Waals surface area contributed by atoms with Gasteiger partial charge in [0.2, 0.25) is 11.8 Å². The van der Waals surface area contributed by atoms with Gasteiger partial charge in [-0.25, -0.2) is 4.79 Å². The van der Waals surface area contributed by atoms with Crippen LogP contribution in [0.3, 0.4) is 0 Å². The molecule has 2 saturated heterocycles. The average molecular weight is 368 g/mol. The summed E-state index contributed by atoms with van der Waals surface area (Å²) in [4.78, 5) is 51.3. The van der Waals surface area contributed by atoms with E-state index in [0.29, 0.717) is 11.1 Å². The van der Waals surface area contributed by atoms with Crippen molar-refractivity contribution < 1.29 is 18.8 Å². The van der Waals surface area contributed by atoms with Gasteiger partial charge in [0.15, 0.2) is 5.78 Å². The molecule has 0 radical (unpaired) electrons. The summed E-state index contributed by atoms with van der Waals surface area (Å²) >= 11 is 0. The highest BCUT2D eigenvalue weighted by Crippen LogP contribution is 2.27. The molecule has 1 aromatic carbocycles. The summed E-state index contributed by atoms with van der Waals surface area (Å²) < 4.78 is 5.46. The highest BCUT2D eigenvalue weighted by atomic mass is 16.4. The van der Waals surface area contributed by atoms with E-state index < -0.39 is 5.63 Å². The van der Waals surface area contributed by atoms with E-state index in [1.54, 1.807) is 6.92 Å². The van der Waals surface area contributed by atoms with E-state index in [-0.39, 0.29) is 49.0 Å². The molecule has 2 aliphatic heterocycles. The molecule has 0 bridgehead atoms. The maximum Gasteiger partial charge on any atom is 0.340 e. The van der Waals surface area contributed by atoms with Crippen LogP contribution in [-0.4, -0.2) is 42.1 Å². The number of imide groups is 1. The first-order chi connectivity index (χ1) is 12.9. The van der Waals surface area contributed by atoms with Crippen molar-refractivity contribution in [3.63, 3.8) is 0 Å². The summed E-state index contributed by atoms with van der Waals surface area (Å²) in [5.74, 6) is -1.03. The number of likely N-dealkylation sites (tertiary alicyclic amines) is 1. The van der Waals surface area contributed by atoms with Crippen molar-refractivity contribution in [2.45, 2.75) is 32.6 Å². The van der Waals surface area contributed by atoms with Gasteiger partial charge in [-0.05, 0) is 31.0 Å². The van der Waals surface area contributed by atoms with E-state index >= 15 is 0 Å². The van der Waals surface area contributed by atoms with E-state index in [1.807, 2.05) is 18.2 Å². The molecule has 3 heterocycles. The number of carbonyl (C=O) groups excluding carboxylic acids is 3. The third-order valence-electron chi connectivity index (χ3n) is 5.36. The van der Waals surface area contributed by atoms with Crippen molar-refractivity contribution in [2.24, 2.45) is 0 Å². The zero-order chi connectivity index (χ0) is 19.1. The molecule has 7 heteroatoms. The fourth-order valence-corrected chi connectivity index (χ4v) is 3.59. The Bertz CT molecular complexity index is 1000. The highest BCUT2D eigenvalue weighted by Gasteiger charge is 2.30. The zero-order valence-electron chi connectivity index (χ0n) is 15.1. The number of hydrogen-bond donors (Lipinski definition) is 0. The predicted octanol–water partition coefficient (Wildman–Crippen LogP) is 1.57. The fraction of sp³-hybridized carbons (Fsp3) is 0.400. The van der Waals surface area contributed by atoms with Crippen molar-refractivity contribution in [2.75, 3.05) is 24.5 Å². The minimum atomic E-state index is -0.548. The first-order valence-corrected chi connectivity index (χ1v) is 9.10. The zero-order valence-corrected chi connectivity index (χ0v) is 15.1. The van der Waals surface area contributed by atoms with Gasteiger partial charge in [0.25, 0.3) is 0 Å². The normalized spacial score (nSPS) is 16.9. The van der Waals surface area contributed by atoms with E-state index in [4.69, 9.17) is 4.42 Å². The molecule has 0 aliphatic carbocycles. The van der Waals surface area contributed by atoms with Gasteiger partial charge in [-0.1, -0.05) is 0 Å². The van der Waals surface area contributed by atoms with Gasteiger partial charge in [-0.15, -0.1) is 0 Å². The van der Waals surface area contributed by atoms with Crippen LogP contribution in [0.25, 0.3) is 11.0 Å². The number of fused-ring (bicyclic) bond motifs is 1. The summed E-state index contributed by atoms with van der Waals surface area (Å²) in [5, 5.41) is 0.787. The smallest absolute Gasteiger partial charge is 0.340 e. The molecule has 140 valence electrons. The molecule has 27 heavy (non-hydrogen) atoms. The number of carbonyl (C=O) groups is 3. The maximum absolute atomic E-state index is 12.4. The van der Waals surface area contributed by atoms with Crippen LogP contribution in [0.2, 0.25) is 0 Å². The second-order valence-corrected chi connectivity index (χ2v) is 7.10. The molecular formula is C20H20N2O5. The number of benzene rings is 1. The lowest BCUT2D eigenvalue weighted by Gasteiger charge is -2.33. The average Bonchev–Trinajstić information content (AvgIpc) is 2.89. The van der Waals surface area contributed by atoms with Crippen molar-refractivity contribution in [3.8, 4) is 0 Å². The summed E-state index contributed by atoms with van der Waals surface area (Å²) in [6, 6.07) is 5.75. The van der Waals surface area contributed by atoms with Crippen LogP contribution in [0.5, 0.6) is 0 Å². The molecule has 2 fully saturated rings. The van der Waals surface area contributed by atoms with E-state index in [2.05, 4.69) is 4.90 Å². The molecule has 0 spiro atoms. The van der Waals surface area contributed by atoms with Gasteiger partial charge in [-0.2, -0.15) is 0 Å². The third-order valence-corrected chi connectivity index (χ3v) is 5.36. The van der Waals surface area contributed by atoms with Crippen LogP contribution in [0.4, 0.5) is 5.69 Å². The quantitative estimate of drug-likeness (QED) is 0.588. The van der Waals surface area contributed by atoms with Crippen LogP contribution in [-0.2, 0) is 20.8 Å². The van der Waals surface area contributed by atoms with Gasteiger partial charge >= 0.3 is 5.63 Å². The molecule has 0 saturated carbocycles. The van der Waals surface area contributed by atoms with Crippen LogP contribution in [0, 0.1) is 6.92 Å². The Morgan fingerprint density at radius 2 is 1.81 bits per heavy atom. The minimum Gasteiger partial charge on any atom is -0.422 e. The Morgan fingerprint density at radius 3 is 2.44 bits per heavy atom. The number of aryl methyl sites for hydroxylation is 1. The molecule has 0 unspecified atom stereocenters. The summed E-state index contributed by atoms with van der Waals surface area (Å²) in [5.41, 5.74) is 1.95. The molecule has 0 atom stereocenters. The molecule has 4 rings (SSSR count). The molecular weight excluding hydrogens is 348 g/mol. The SMILES string of the molecule is Cc1c(CC(=O)CN2C(=O)CCC2=O)c(=O)oc2cc(N3CCC3)ccc12. The van der Waals surface area contributed by atoms with Crippen LogP contribution >= 0.6 is 0 Å². The fourth-order valence-electron chi connectivity index (χ4n) is 3.59. The Morgan fingerprint density at radius 1 is 1.11 bits per heavy atom. The highest BCUT2D eigenvalue weighted by molar-refractivity contribution is 6.05. The van der Waals surface area contributed by atoms with Gasteiger partial charge in [-0.3, -0.25) is 19.3 Å². The topological polar surface area (TPSA) is 87.9 Å². The van der Waals surface area contributed by atoms with Gasteiger partial charge in [0.05, 0.1) is 6.54 Å². The van der Waals surface area contributed by atoms with Crippen molar-refractivity contribution in [1.82, 2.24) is 4.90 Å². The molecule has 7 nitrogen and oxygen atoms in total. The van der Waals surface area contributed by atoms with Crippen LogP contribution < -0.4 is 10.5 Å². The third kappa shape index (κ3) is 3.13. The minimum absolute atomic E-state index is 0.141. The van der Waals surface area contributed by atoms with E-state index in [0.717, 1.165) is 35.5 Å². The van der Waals surface area contributed by atoms with Crippen molar-refractivity contribution in [1.29, 1.82) is 0 Å². The Kier molecular flexibility index (Phi) is 4.30. The number of rotatable bonds is 5. The number of Topliss-reactive ketones (excluding diaryl/α,β-unsaturated/α-hetero) is 1. The lowest BCUT2D eigenvalue weighted by atomic mass is 10.0. The largest absolute Gasteiger partial charge is 0.422 e. The predicted molar refractivity (Wildman–Crippen MR) is 98.7 cm³/mol. The molecule has 0 N–H and O–H groups in total. The number of nitrogens with zero attached hydrogens (tertiary/aromatic N) is 2. The Labute approximate surface area is 155 Å². The lowest BCUT2D eigenvalue weighted by Crippen LogP contribution is -2.36. The van der Waals surface area contributed by atoms with Gasteiger partial charge < -0.3 is 9.32 Å². The second-order valence-electron chi connectivity index (χ2n) is 7.10. The number of anilines is 1. The Hall–Kier alpha value is -2.96. The molecule has 2 amide bonds. The summed E-state index contributed by atoms with van der Waals surface area (Å²) in [6.45, 7) is 3.49. The van der Waals surface area contributed by atoms with Gasteiger partial charge in [0, 0.05) is 55.1 Å². The monoisotopic (exact) mass is 368 g/mol. The maximum atomic E-state index is 12.4. The standard InChI is InChI=1S/C20H20N2O5/c1-12-15-4-3-13(21-7-2-8-21)9-17(15)27-20(26)16(12)10-14(23)11-22-18(24)5-6-19(22)25/h3-4,9H,2,5-8,10-11H2,1H3. The Balaban J connectivity index is 1.59. The van der Waals surface area contributed by atoms with E-state index in [9.17, 15) is 19.2 Å². The molecule has 1 aromatic heterocycles. The first-order valence-electron chi connectivity index (χ1n) is 9.10. The number of ketones is 1. The van der Waals surface area contributed by atoms with Gasteiger partial charge in [0.1, 0.15) is 5.58 Å². The van der Waals surface area contributed by atoms with Crippen LogP contribution in [0.1, 0.15) is 30.4 Å². The second kappa shape index (κ2) is 6.64. The van der Waals surface area contributed by atoms with E-state index in [1.165, 1.54) is 0 Å². The number of amides is 2. The van der Waals surface area contributed by atoms with Crippen molar-refractivity contribution >= 4 is 34.3 Å². The molecule has 2 aliphatic rings. The summed E-state index contributed by atoms with van der Waals surface area (Å²) in [6.07, 6.45) is 1.28. The summed E-state index contributed by atoms with van der Waals surface area (Å²) in [7, 11) is 0.